The van der Waals surface area contributed by atoms with E-state index in [2.05, 4.69) is 29.1 Å². The summed E-state index contributed by atoms with van der Waals surface area (Å²) in [5, 5.41) is 3.19. The molecule has 0 aliphatic heterocycles. The van der Waals surface area contributed by atoms with Crippen LogP contribution in [0.4, 0.5) is 0 Å². The monoisotopic (exact) mass is 438 g/mol. The van der Waals surface area contributed by atoms with E-state index in [4.69, 9.17) is 15.0 Å². The number of hydrogen-bond donors (Lipinski definition) is 1. The molecular formula is C26H26N6O. The van der Waals surface area contributed by atoms with Gasteiger partial charge in [-0.1, -0.05) is 13.8 Å². The average Bonchev–Trinajstić information content (AvgIpc) is 2.87. The number of aryl methyl sites for hydroxylation is 3. The van der Waals surface area contributed by atoms with Crippen molar-refractivity contribution in [2.45, 2.75) is 52.0 Å². The fourth-order valence-electron chi connectivity index (χ4n) is 4.41. The van der Waals surface area contributed by atoms with E-state index < -0.39 is 0 Å². The van der Waals surface area contributed by atoms with Gasteiger partial charge in [-0.15, -0.1) is 0 Å². The van der Waals surface area contributed by atoms with Crippen LogP contribution in [0.25, 0.3) is 22.4 Å². The molecule has 1 aliphatic carbocycles. The second-order valence-electron chi connectivity index (χ2n) is 8.28. The number of aromatic nitrogens is 5. The summed E-state index contributed by atoms with van der Waals surface area (Å²) >= 11 is 0. The van der Waals surface area contributed by atoms with E-state index in [1.165, 1.54) is 0 Å². The zero-order valence-electron chi connectivity index (χ0n) is 18.9. The van der Waals surface area contributed by atoms with Crippen molar-refractivity contribution in [3.8, 4) is 11.4 Å². The minimum Gasteiger partial charge on any atom is -0.345 e. The molecule has 4 aromatic rings. The van der Waals surface area contributed by atoms with Gasteiger partial charge in [-0.3, -0.25) is 9.78 Å². The predicted molar refractivity (Wildman–Crippen MR) is 127 cm³/mol. The van der Waals surface area contributed by atoms with Crippen molar-refractivity contribution in [2.75, 3.05) is 0 Å². The molecule has 3 heterocycles. The molecule has 1 N–H and O–H groups in total. The molecule has 7 nitrogen and oxygen atoms in total. The minimum atomic E-state index is -0.120. The van der Waals surface area contributed by atoms with Gasteiger partial charge < -0.3 is 5.32 Å². The van der Waals surface area contributed by atoms with Crippen LogP contribution in [-0.2, 0) is 19.3 Å². The molecule has 33 heavy (non-hydrogen) atoms. The Morgan fingerprint density at radius 3 is 2.61 bits per heavy atom. The Labute approximate surface area is 192 Å². The number of pyridine rings is 1. The van der Waals surface area contributed by atoms with Gasteiger partial charge in [0, 0.05) is 41.0 Å². The number of nitrogens with zero attached hydrogens (tertiary/aromatic N) is 5. The summed E-state index contributed by atoms with van der Waals surface area (Å²) in [7, 11) is 0. The van der Waals surface area contributed by atoms with Gasteiger partial charge in [0.1, 0.15) is 0 Å². The summed E-state index contributed by atoms with van der Waals surface area (Å²) < 4.78 is 0. The maximum Gasteiger partial charge on any atom is 0.251 e. The molecule has 0 saturated heterocycles. The molecule has 0 unspecified atom stereocenters. The van der Waals surface area contributed by atoms with Crippen LogP contribution in [0.15, 0.2) is 48.9 Å². The van der Waals surface area contributed by atoms with Crippen LogP contribution in [0.5, 0.6) is 0 Å². The third-order valence-electron chi connectivity index (χ3n) is 6.16. The number of carbonyl (C=O) groups excluding carboxylic acids is 1. The van der Waals surface area contributed by atoms with Crippen molar-refractivity contribution in [1.29, 1.82) is 0 Å². The number of nitrogens with one attached hydrogen (secondary N) is 1. The van der Waals surface area contributed by atoms with Gasteiger partial charge in [0.15, 0.2) is 5.82 Å². The maximum atomic E-state index is 13.1. The van der Waals surface area contributed by atoms with Crippen molar-refractivity contribution in [2.24, 2.45) is 0 Å². The lowest BCUT2D eigenvalue weighted by molar-refractivity contribution is 0.0932. The molecule has 0 bridgehead atoms. The SMILES string of the molecule is CCc1nc2ccc(C(=O)N[C@@H]3CCCc4nc(-c5cccnc5)ncc43)cc2nc1CC. The lowest BCUT2D eigenvalue weighted by atomic mass is 9.92. The highest BCUT2D eigenvalue weighted by Crippen LogP contribution is 2.30. The van der Waals surface area contributed by atoms with Gasteiger partial charge in [0.2, 0.25) is 0 Å². The number of hydrogen-bond acceptors (Lipinski definition) is 6. The van der Waals surface area contributed by atoms with E-state index in [-0.39, 0.29) is 11.9 Å². The fourth-order valence-corrected chi connectivity index (χ4v) is 4.41. The van der Waals surface area contributed by atoms with Crippen molar-refractivity contribution in [3.63, 3.8) is 0 Å². The molecular weight excluding hydrogens is 412 g/mol. The maximum absolute atomic E-state index is 13.1. The van der Waals surface area contributed by atoms with Crippen molar-refractivity contribution < 1.29 is 4.79 Å². The fraction of sp³-hybridized carbons (Fsp3) is 0.308. The first-order valence-corrected chi connectivity index (χ1v) is 11.5. The van der Waals surface area contributed by atoms with Crippen LogP contribution >= 0.6 is 0 Å². The van der Waals surface area contributed by atoms with E-state index in [0.717, 1.165) is 71.3 Å². The van der Waals surface area contributed by atoms with Gasteiger partial charge in [-0.05, 0) is 62.4 Å². The first-order chi connectivity index (χ1) is 16.2. The summed E-state index contributed by atoms with van der Waals surface area (Å²) in [5.41, 5.74) is 7.04. The van der Waals surface area contributed by atoms with E-state index in [9.17, 15) is 4.79 Å². The van der Waals surface area contributed by atoms with E-state index in [1.54, 1.807) is 12.4 Å². The molecule has 7 heteroatoms. The quantitative estimate of drug-likeness (QED) is 0.496. The molecule has 0 fully saturated rings. The third-order valence-corrected chi connectivity index (χ3v) is 6.16. The first kappa shape index (κ1) is 21.1. The number of amides is 1. The summed E-state index contributed by atoms with van der Waals surface area (Å²) in [5.74, 6) is 0.547. The largest absolute Gasteiger partial charge is 0.345 e. The molecule has 5 rings (SSSR count). The molecule has 1 aliphatic rings. The number of carbonyl (C=O) groups is 1. The average molecular weight is 439 g/mol. The smallest absolute Gasteiger partial charge is 0.251 e. The Bertz CT molecular complexity index is 1320. The standard InChI is InChI=1S/C26H26N6O/c1-3-19-20(4-2)30-24-13-16(10-11-23(24)29-19)26(33)32-22-9-5-8-21-18(22)15-28-25(31-21)17-7-6-12-27-14-17/h6-7,10-15,22H,3-5,8-9H2,1-2H3,(H,32,33)/t22-/m1/s1. The van der Waals surface area contributed by atoms with Crippen LogP contribution < -0.4 is 5.32 Å². The Morgan fingerprint density at radius 2 is 1.85 bits per heavy atom. The predicted octanol–water partition coefficient (Wildman–Crippen LogP) is 4.41. The highest BCUT2D eigenvalue weighted by atomic mass is 16.1. The second kappa shape index (κ2) is 9.02. The molecule has 0 spiro atoms. The Kier molecular flexibility index (Phi) is 5.77. The van der Waals surface area contributed by atoms with E-state index in [1.807, 2.05) is 36.5 Å². The van der Waals surface area contributed by atoms with Gasteiger partial charge in [0.25, 0.3) is 5.91 Å². The van der Waals surface area contributed by atoms with Gasteiger partial charge in [0.05, 0.1) is 28.5 Å². The summed E-state index contributed by atoms with van der Waals surface area (Å²) in [4.78, 5) is 36.1. The third kappa shape index (κ3) is 4.18. The number of benzene rings is 1. The van der Waals surface area contributed by atoms with Gasteiger partial charge in [-0.25, -0.2) is 19.9 Å². The highest BCUT2D eigenvalue weighted by molar-refractivity contribution is 5.97. The topological polar surface area (TPSA) is 93.6 Å². The van der Waals surface area contributed by atoms with Crippen molar-refractivity contribution in [3.05, 3.63) is 77.1 Å². The summed E-state index contributed by atoms with van der Waals surface area (Å²) in [6.07, 6.45) is 9.72. The second-order valence-corrected chi connectivity index (χ2v) is 8.28. The Balaban J connectivity index is 1.40. The first-order valence-electron chi connectivity index (χ1n) is 11.5. The summed E-state index contributed by atoms with van der Waals surface area (Å²) in [6.45, 7) is 4.16. The summed E-state index contributed by atoms with van der Waals surface area (Å²) in [6, 6.07) is 9.26. The zero-order chi connectivity index (χ0) is 22.8. The van der Waals surface area contributed by atoms with Gasteiger partial charge in [-0.2, -0.15) is 0 Å². The molecule has 1 aromatic carbocycles. The normalized spacial score (nSPS) is 15.3. The Hall–Kier alpha value is -3.74. The number of rotatable bonds is 5. The molecule has 3 aromatic heterocycles. The highest BCUT2D eigenvalue weighted by Gasteiger charge is 2.24. The molecule has 1 amide bonds. The molecule has 166 valence electrons. The van der Waals surface area contributed by atoms with Crippen LogP contribution in [0.3, 0.4) is 0 Å². The molecule has 0 radical (unpaired) electrons. The van der Waals surface area contributed by atoms with E-state index >= 15 is 0 Å². The van der Waals surface area contributed by atoms with Crippen LogP contribution in [-0.4, -0.2) is 30.8 Å². The van der Waals surface area contributed by atoms with E-state index in [0.29, 0.717) is 11.4 Å². The van der Waals surface area contributed by atoms with Gasteiger partial charge >= 0.3 is 0 Å². The molecule has 1 atom stereocenters. The lowest BCUT2D eigenvalue weighted by Crippen LogP contribution is -2.31. The zero-order valence-corrected chi connectivity index (χ0v) is 18.9. The lowest BCUT2D eigenvalue weighted by Gasteiger charge is -2.25. The van der Waals surface area contributed by atoms with Crippen LogP contribution in [0.1, 0.15) is 65.7 Å². The van der Waals surface area contributed by atoms with Crippen molar-refractivity contribution >= 4 is 16.9 Å². The molecule has 0 saturated carbocycles. The van der Waals surface area contributed by atoms with Crippen LogP contribution in [0.2, 0.25) is 0 Å². The minimum absolute atomic E-state index is 0.111. The van der Waals surface area contributed by atoms with Crippen molar-refractivity contribution in [1.82, 2.24) is 30.2 Å². The number of fused-ring (bicyclic) bond motifs is 2. The Morgan fingerprint density at radius 1 is 1.03 bits per heavy atom. The van der Waals surface area contributed by atoms with Crippen LogP contribution in [0, 0.1) is 0 Å².